The number of nitrogens with zero attached hydrogens (tertiary/aromatic N) is 2. The highest BCUT2D eigenvalue weighted by Gasteiger charge is 2.23. The first-order valence-electron chi connectivity index (χ1n) is 9.30. The Bertz CT molecular complexity index is 1340. The number of nitro benzene ring substituents is 1. The lowest BCUT2D eigenvalue weighted by molar-refractivity contribution is -0.384. The van der Waals surface area contributed by atoms with Crippen molar-refractivity contribution in [3.8, 4) is 5.75 Å². The van der Waals surface area contributed by atoms with Gasteiger partial charge in [-0.3, -0.25) is 20.2 Å². The van der Waals surface area contributed by atoms with E-state index in [0.29, 0.717) is 17.1 Å². The fourth-order valence-electron chi connectivity index (χ4n) is 2.64. The Morgan fingerprint density at radius 1 is 1.21 bits per heavy atom. The summed E-state index contributed by atoms with van der Waals surface area (Å²) in [6.45, 7) is -0.629. The Morgan fingerprint density at radius 3 is 2.53 bits per heavy atom. The van der Waals surface area contributed by atoms with Crippen LogP contribution in [0.5, 0.6) is 5.75 Å². The second-order valence-electron chi connectivity index (χ2n) is 6.43. The summed E-state index contributed by atoms with van der Waals surface area (Å²) < 4.78 is 35.4. The molecule has 0 radical (unpaired) electrons. The summed E-state index contributed by atoms with van der Waals surface area (Å²) in [7, 11) is -2.58. The lowest BCUT2D eigenvalue weighted by Gasteiger charge is -2.09. The number of amides is 1. The van der Waals surface area contributed by atoms with Gasteiger partial charge < -0.3 is 9.47 Å². The number of hydrogen-bond acceptors (Lipinski definition) is 11. The largest absolute Gasteiger partial charge is 0.496 e. The van der Waals surface area contributed by atoms with E-state index < -0.39 is 33.2 Å². The number of ether oxygens (including phenoxy) is 2. The second kappa shape index (κ2) is 10.6. The second-order valence-corrected chi connectivity index (χ2v) is 10.5. The predicted octanol–water partition coefficient (Wildman–Crippen LogP) is 3.41. The normalized spacial score (nSPS) is 11.0. The summed E-state index contributed by atoms with van der Waals surface area (Å²) in [5.74, 6) is -1.18. The average Bonchev–Trinajstić information content (AvgIpc) is 3.31. The van der Waals surface area contributed by atoms with E-state index in [-0.39, 0.29) is 25.5 Å². The third kappa shape index (κ3) is 5.70. The third-order valence-corrected chi connectivity index (χ3v) is 8.19. The maximum atomic E-state index is 12.7. The number of aromatic nitrogens is 1. The first kappa shape index (κ1) is 25.1. The molecule has 2 aromatic carbocycles. The van der Waals surface area contributed by atoms with Crippen LogP contribution in [0.1, 0.15) is 10.4 Å². The number of non-ortho nitro benzene ring substituents is 1. The molecule has 34 heavy (non-hydrogen) atoms. The lowest BCUT2D eigenvalue weighted by atomic mass is 10.2. The number of thiazole rings is 1. The van der Waals surface area contributed by atoms with Crippen LogP contribution in [-0.4, -0.2) is 50.2 Å². The van der Waals surface area contributed by atoms with Gasteiger partial charge in [0.25, 0.3) is 11.6 Å². The summed E-state index contributed by atoms with van der Waals surface area (Å²) in [6.07, 6.45) is 2.93. The van der Waals surface area contributed by atoms with Crippen molar-refractivity contribution in [2.75, 3.05) is 25.3 Å². The molecule has 0 saturated carbocycles. The van der Waals surface area contributed by atoms with Gasteiger partial charge in [0, 0.05) is 17.0 Å². The van der Waals surface area contributed by atoms with Crippen molar-refractivity contribution in [3.05, 3.63) is 64.3 Å². The van der Waals surface area contributed by atoms with Gasteiger partial charge in [-0.25, -0.2) is 18.2 Å². The van der Waals surface area contributed by atoms with E-state index in [0.717, 1.165) is 35.4 Å². The number of esters is 1. The van der Waals surface area contributed by atoms with Gasteiger partial charge in [0.1, 0.15) is 15.5 Å². The van der Waals surface area contributed by atoms with Gasteiger partial charge in [-0.05, 0) is 36.6 Å². The van der Waals surface area contributed by atoms with Crippen LogP contribution < -0.4 is 10.1 Å². The van der Waals surface area contributed by atoms with Crippen LogP contribution in [-0.2, 0) is 19.4 Å². The molecular formula is C20H17N3O8S3. The molecular weight excluding hydrogens is 506 g/mol. The summed E-state index contributed by atoms with van der Waals surface area (Å²) in [5, 5.41) is 13.1. The summed E-state index contributed by atoms with van der Waals surface area (Å²) in [5.41, 5.74) is -0.0950. The molecule has 0 spiro atoms. The highest BCUT2D eigenvalue weighted by atomic mass is 32.2. The van der Waals surface area contributed by atoms with Crippen molar-refractivity contribution in [3.63, 3.8) is 0 Å². The van der Waals surface area contributed by atoms with Gasteiger partial charge in [0.2, 0.25) is 9.84 Å². The van der Waals surface area contributed by atoms with Crippen molar-refractivity contribution in [1.82, 2.24) is 4.98 Å². The van der Waals surface area contributed by atoms with E-state index in [1.165, 1.54) is 24.9 Å². The maximum Gasteiger partial charge on any atom is 0.342 e. The number of hydrogen-bond donors (Lipinski definition) is 1. The zero-order valence-electron chi connectivity index (χ0n) is 17.7. The van der Waals surface area contributed by atoms with E-state index in [1.807, 2.05) is 6.26 Å². The minimum atomic E-state index is -3.99. The molecule has 0 bridgehead atoms. The third-order valence-electron chi connectivity index (χ3n) is 4.32. The predicted molar refractivity (Wildman–Crippen MR) is 124 cm³/mol. The van der Waals surface area contributed by atoms with E-state index in [9.17, 15) is 28.1 Å². The highest BCUT2D eigenvalue weighted by Crippen LogP contribution is 2.30. The number of nitro groups is 1. The fraction of sp³-hybridized carbons (Fsp3) is 0.150. The molecule has 0 aliphatic carbocycles. The monoisotopic (exact) mass is 523 g/mol. The van der Waals surface area contributed by atoms with Crippen LogP contribution in [0.25, 0.3) is 0 Å². The number of methoxy groups -OCH3 is 1. The first-order valence-corrected chi connectivity index (χ1v) is 12.8. The molecule has 11 nitrogen and oxygen atoms in total. The highest BCUT2D eigenvalue weighted by molar-refractivity contribution is 7.98. The molecule has 1 aromatic heterocycles. The SMILES string of the molecule is COc1cc(SC)ccc1C(=O)OCC(=O)Nc1ncc(S(=O)(=O)c2ccc([N+](=O)[O-])cc2)s1. The molecule has 1 N–H and O–H groups in total. The molecule has 3 aromatic rings. The Labute approximate surface area is 202 Å². The molecule has 1 amide bonds. The van der Waals surface area contributed by atoms with Crippen molar-refractivity contribution in [1.29, 1.82) is 0 Å². The Hall–Kier alpha value is -3.49. The van der Waals surface area contributed by atoms with E-state index in [4.69, 9.17) is 9.47 Å². The van der Waals surface area contributed by atoms with Crippen LogP contribution >= 0.6 is 23.1 Å². The van der Waals surface area contributed by atoms with Gasteiger partial charge in [0.05, 0.1) is 23.1 Å². The molecule has 1 heterocycles. The fourth-order valence-corrected chi connectivity index (χ4v) is 5.51. The average molecular weight is 524 g/mol. The van der Waals surface area contributed by atoms with Crippen LogP contribution in [0.2, 0.25) is 0 Å². The van der Waals surface area contributed by atoms with E-state index in [1.54, 1.807) is 12.1 Å². The summed E-state index contributed by atoms with van der Waals surface area (Å²) in [6, 6.07) is 9.30. The van der Waals surface area contributed by atoms with Gasteiger partial charge in [0.15, 0.2) is 11.7 Å². The van der Waals surface area contributed by atoms with Crippen molar-refractivity contribution >= 4 is 55.6 Å². The summed E-state index contributed by atoms with van der Waals surface area (Å²) >= 11 is 2.16. The van der Waals surface area contributed by atoms with Crippen LogP contribution in [0.3, 0.4) is 0 Å². The minimum absolute atomic E-state index is 0.0246. The molecule has 14 heteroatoms. The molecule has 0 unspecified atom stereocenters. The van der Waals surface area contributed by atoms with Crippen molar-refractivity contribution in [2.24, 2.45) is 0 Å². The van der Waals surface area contributed by atoms with Gasteiger partial charge in [-0.1, -0.05) is 11.3 Å². The molecule has 178 valence electrons. The summed E-state index contributed by atoms with van der Waals surface area (Å²) in [4.78, 5) is 39.2. The number of thioether (sulfide) groups is 1. The minimum Gasteiger partial charge on any atom is -0.496 e. The maximum absolute atomic E-state index is 12.7. The van der Waals surface area contributed by atoms with Gasteiger partial charge in [-0.15, -0.1) is 11.8 Å². The van der Waals surface area contributed by atoms with Crippen molar-refractivity contribution in [2.45, 2.75) is 14.0 Å². The topological polar surface area (TPSA) is 155 Å². The quantitative estimate of drug-likeness (QED) is 0.191. The number of sulfone groups is 1. The molecule has 0 atom stereocenters. The number of anilines is 1. The van der Waals surface area contributed by atoms with Crippen molar-refractivity contribution < 1.29 is 32.4 Å². The molecule has 0 saturated heterocycles. The lowest BCUT2D eigenvalue weighted by Crippen LogP contribution is -2.21. The Balaban J connectivity index is 1.63. The zero-order valence-corrected chi connectivity index (χ0v) is 20.2. The van der Waals surface area contributed by atoms with Crippen LogP contribution in [0.15, 0.2) is 62.7 Å². The van der Waals surface area contributed by atoms with E-state index >= 15 is 0 Å². The number of nitrogens with one attached hydrogen (secondary N) is 1. The number of benzene rings is 2. The molecule has 0 aliphatic heterocycles. The smallest absolute Gasteiger partial charge is 0.342 e. The molecule has 0 aliphatic rings. The Morgan fingerprint density at radius 2 is 1.91 bits per heavy atom. The van der Waals surface area contributed by atoms with Gasteiger partial charge >= 0.3 is 5.97 Å². The van der Waals surface area contributed by atoms with Crippen LogP contribution in [0.4, 0.5) is 10.8 Å². The zero-order chi connectivity index (χ0) is 24.9. The number of rotatable bonds is 9. The number of carbonyl (C=O) groups excluding carboxylic acids is 2. The first-order chi connectivity index (χ1) is 16.1. The number of carbonyl (C=O) groups is 2. The molecule has 3 rings (SSSR count). The standard InChI is InChI=1S/C20H17N3O8S3/c1-30-16-9-13(32-2)5-8-15(16)19(25)31-11-17(24)22-20-21-10-18(33-20)34(28,29)14-6-3-12(4-7-14)23(26)27/h3-10H,11H2,1-2H3,(H,21,22,24). The Kier molecular flexibility index (Phi) is 7.86. The molecule has 0 fully saturated rings. The van der Waals surface area contributed by atoms with Gasteiger partial charge in [-0.2, -0.15) is 0 Å². The van der Waals surface area contributed by atoms with Crippen LogP contribution in [0, 0.1) is 10.1 Å². The van der Waals surface area contributed by atoms with E-state index in [2.05, 4.69) is 10.3 Å².